The molecular weight excluding hydrogens is 287 g/mol. The van der Waals surface area contributed by atoms with Gasteiger partial charge in [-0.25, -0.2) is 4.39 Å². The molecule has 4 N–H and O–H groups in total. The molecule has 1 heterocycles. The first-order valence-electron chi connectivity index (χ1n) is 6.26. The number of halogens is 1. The largest absolute Gasteiger partial charge is 0.503 e. The highest BCUT2D eigenvalue weighted by molar-refractivity contribution is 5.82. The van der Waals surface area contributed by atoms with Crippen LogP contribution in [0.25, 0.3) is 0 Å². The fourth-order valence-corrected chi connectivity index (χ4v) is 1.93. The van der Waals surface area contributed by atoms with E-state index < -0.39 is 29.3 Å². The molecule has 0 spiro atoms. The third-order valence-electron chi connectivity index (χ3n) is 3.06. The van der Waals surface area contributed by atoms with Crippen molar-refractivity contribution in [3.8, 4) is 5.75 Å². The average molecular weight is 302 g/mol. The number of aromatic hydroxyl groups is 1. The summed E-state index contributed by atoms with van der Waals surface area (Å²) in [6, 6.07) is -1.17. The maximum absolute atomic E-state index is 13.3. The SMILES string of the molecule is CCCCC(=O)OC1(O)N(O)c2ccc(F)c(O)c2N1O. The molecule has 2 rings (SSSR count). The first-order chi connectivity index (χ1) is 9.82. The Bertz CT molecular complexity index is 569. The van der Waals surface area contributed by atoms with Gasteiger partial charge in [-0.2, -0.15) is 10.1 Å². The number of fused-ring (bicyclic) bond motifs is 1. The van der Waals surface area contributed by atoms with Gasteiger partial charge in [-0.05, 0) is 18.6 Å². The van der Waals surface area contributed by atoms with Crippen LogP contribution in [0, 0.1) is 5.82 Å². The molecule has 1 aromatic carbocycles. The number of carbonyl (C=O) groups is 1. The summed E-state index contributed by atoms with van der Waals surface area (Å²) >= 11 is 0. The average Bonchev–Trinajstić information content (AvgIpc) is 2.63. The smallest absolute Gasteiger partial charge is 0.434 e. The van der Waals surface area contributed by atoms with E-state index in [-0.39, 0.29) is 22.2 Å². The van der Waals surface area contributed by atoms with E-state index in [1.807, 2.05) is 6.92 Å². The minimum absolute atomic E-state index is 0.0192. The van der Waals surface area contributed by atoms with Gasteiger partial charge in [0, 0.05) is 6.42 Å². The zero-order valence-electron chi connectivity index (χ0n) is 11.2. The van der Waals surface area contributed by atoms with Crippen LogP contribution in [-0.4, -0.2) is 32.6 Å². The number of benzene rings is 1. The second kappa shape index (κ2) is 5.35. The summed E-state index contributed by atoms with van der Waals surface area (Å²) in [7, 11) is 0. The molecule has 0 aromatic heterocycles. The molecule has 0 saturated carbocycles. The number of anilines is 2. The Morgan fingerprint density at radius 2 is 2.05 bits per heavy atom. The molecule has 9 heteroatoms. The lowest BCUT2D eigenvalue weighted by atomic mass is 10.2. The molecule has 8 nitrogen and oxygen atoms in total. The first-order valence-corrected chi connectivity index (χ1v) is 6.26. The van der Waals surface area contributed by atoms with Gasteiger partial charge < -0.3 is 14.9 Å². The van der Waals surface area contributed by atoms with Crippen LogP contribution in [0.1, 0.15) is 26.2 Å². The van der Waals surface area contributed by atoms with Gasteiger partial charge in [0.25, 0.3) is 0 Å². The number of hydrogen-bond acceptors (Lipinski definition) is 8. The highest BCUT2D eigenvalue weighted by Crippen LogP contribution is 2.48. The zero-order valence-corrected chi connectivity index (χ0v) is 11.2. The van der Waals surface area contributed by atoms with Crippen molar-refractivity contribution in [1.82, 2.24) is 0 Å². The number of hydroxylamine groups is 2. The van der Waals surface area contributed by atoms with Crippen LogP contribution in [0.4, 0.5) is 15.8 Å². The third-order valence-corrected chi connectivity index (χ3v) is 3.06. The second-order valence-electron chi connectivity index (χ2n) is 4.54. The number of unbranched alkanes of at least 4 members (excludes halogenated alkanes) is 1. The van der Waals surface area contributed by atoms with E-state index in [1.165, 1.54) is 0 Å². The molecule has 0 amide bonds. The standard InChI is InChI=1S/C12H15FN2O6/c1-2-3-4-9(16)21-12(18)14(19)8-6-5-7(13)11(17)10(8)15(12)20/h5-6,17-20H,2-4H2,1H3. The van der Waals surface area contributed by atoms with E-state index in [1.54, 1.807) is 0 Å². The Kier molecular flexibility index (Phi) is 3.90. The van der Waals surface area contributed by atoms with E-state index in [4.69, 9.17) is 0 Å². The van der Waals surface area contributed by atoms with E-state index in [0.29, 0.717) is 12.8 Å². The number of hydrogen-bond donors (Lipinski definition) is 4. The number of nitrogens with zero attached hydrogens (tertiary/aromatic N) is 2. The fraction of sp³-hybridized carbons (Fsp3) is 0.417. The first kappa shape index (κ1) is 15.3. The molecule has 1 aliphatic heterocycles. The zero-order chi connectivity index (χ0) is 15.8. The second-order valence-corrected chi connectivity index (χ2v) is 4.54. The van der Waals surface area contributed by atoms with Crippen LogP contribution in [0.15, 0.2) is 12.1 Å². The minimum Gasteiger partial charge on any atom is -0.503 e. The van der Waals surface area contributed by atoms with Gasteiger partial charge in [0.15, 0.2) is 11.6 Å². The lowest BCUT2D eigenvalue weighted by Gasteiger charge is -2.31. The number of aliphatic hydroxyl groups is 1. The summed E-state index contributed by atoms with van der Waals surface area (Å²) in [5, 5.41) is 39.2. The molecule has 0 bridgehead atoms. The molecule has 1 atom stereocenters. The van der Waals surface area contributed by atoms with Gasteiger partial charge in [-0.1, -0.05) is 13.3 Å². The van der Waals surface area contributed by atoms with Crippen LogP contribution < -0.4 is 10.1 Å². The molecule has 0 aliphatic carbocycles. The monoisotopic (exact) mass is 302 g/mol. The Labute approximate surface area is 119 Å². The van der Waals surface area contributed by atoms with Crippen LogP contribution in [0.3, 0.4) is 0 Å². The molecule has 1 unspecified atom stereocenters. The summed E-state index contributed by atoms with van der Waals surface area (Å²) in [6.45, 7) is 1.84. The predicted octanol–water partition coefficient (Wildman–Crippen LogP) is 1.27. The molecule has 1 aromatic rings. The van der Waals surface area contributed by atoms with Crippen molar-refractivity contribution in [2.45, 2.75) is 32.2 Å². The Balaban J connectivity index is 2.31. The maximum atomic E-state index is 13.3. The van der Waals surface area contributed by atoms with Crippen molar-refractivity contribution in [2.24, 2.45) is 0 Å². The normalized spacial score (nSPS) is 20.6. The van der Waals surface area contributed by atoms with Gasteiger partial charge in [0.2, 0.25) is 0 Å². The number of rotatable bonds is 4. The minimum atomic E-state index is -2.97. The van der Waals surface area contributed by atoms with Gasteiger partial charge in [0.05, 0.1) is 0 Å². The van der Waals surface area contributed by atoms with Crippen molar-refractivity contribution in [3.63, 3.8) is 0 Å². The van der Waals surface area contributed by atoms with E-state index in [2.05, 4.69) is 4.74 Å². The van der Waals surface area contributed by atoms with Crippen LogP contribution in [0.2, 0.25) is 0 Å². The van der Waals surface area contributed by atoms with Crippen molar-refractivity contribution >= 4 is 17.3 Å². The summed E-state index contributed by atoms with van der Waals surface area (Å²) in [5.74, 6) is -2.97. The number of phenols is 1. The van der Waals surface area contributed by atoms with Crippen molar-refractivity contribution in [1.29, 1.82) is 0 Å². The number of ether oxygens (including phenoxy) is 1. The molecule has 1 aliphatic rings. The summed E-state index contributed by atoms with van der Waals surface area (Å²) in [6.07, 6.45) is 1.14. The molecular formula is C12H15FN2O6. The number of carbonyl (C=O) groups excluding carboxylic acids is 1. The van der Waals surface area contributed by atoms with Gasteiger partial charge in [-0.15, -0.1) is 0 Å². The van der Waals surface area contributed by atoms with Crippen LogP contribution in [0.5, 0.6) is 5.75 Å². The number of phenolic OH excluding ortho intramolecular Hbond substituents is 1. The fourth-order valence-electron chi connectivity index (χ4n) is 1.93. The summed E-state index contributed by atoms with van der Waals surface area (Å²) in [4.78, 5) is 11.6. The van der Waals surface area contributed by atoms with Gasteiger partial charge in [-0.3, -0.25) is 15.2 Å². The van der Waals surface area contributed by atoms with Crippen LogP contribution in [-0.2, 0) is 9.53 Å². The van der Waals surface area contributed by atoms with Crippen LogP contribution >= 0.6 is 0 Å². The topological polar surface area (TPSA) is 114 Å². The summed E-state index contributed by atoms with van der Waals surface area (Å²) in [5.41, 5.74) is -0.953. The summed E-state index contributed by atoms with van der Waals surface area (Å²) < 4.78 is 17.9. The van der Waals surface area contributed by atoms with Crippen molar-refractivity contribution in [3.05, 3.63) is 17.9 Å². The third kappa shape index (κ3) is 2.35. The van der Waals surface area contributed by atoms with Gasteiger partial charge in [0.1, 0.15) is 11.4 Å². The Hall–Kier alpha value is -2.10. The van der Waals surface area contributed by atoms with Crippen molar-refractivity contribution in [2.75, 3.05) is 10.1 Å². The van der Waals surface area contributed by atoms with E-state index in [9.17, 15) is 29.8 Å². The Morgan fingerprint density at radius 1 is 1.38 bits per heavy atom. The quantitative estimate of drug-likeness (QED) is 0.486. The van der Waals surface area contributed by atoms with E-state index >= 15 is 0 Å². The molecule has 0 fully saturated rings. The molecule has 116 valence electrons. The molecule has 21 heavy (non-hydrogen) atoms. The van der Waals surface area contributed by atoms with E-state index in [0.717, 1.165) is 12.1 Å². The lowest BCUT2D eigenvalue weighted by Crippen LogP contribution is -2.58. The lowest BCUT2D eigenvalue weighted by molar-refractivity contribution is -0.249. The highest BCUT2D eigenvalue weighted by Gasteiger charge is 2.54. The molecule has 0 radical (unpaired) electrons. The number of esters is 1. The van der Waals surface area contributed by atoms with Gasteiger partial charge >= 0.3 is 12.0 Å². The molecule has 0 saturated heterocycles. The van der Waals surface area contributed by atoms with Crippen molar-refractivity contribution < 1.29 is 34.5 Å². The highest BCUT2D eigenvalue weighted by atomic mass is 19.1. The Morgan fingerprint density at radius 3 is 2.67 bits per heavy atom. The maximum Gasteiger partial charge on any atom is 0.434 e. The predicted molar refractivity (Wildman–Crippen MR) is 67.2 cm³/mol.